The molecule has 0 saturated heterocycles. The van der Waals surface area contributed by atoms with Crippen LogP contribution >= 0.6 is 11.3 Å². The normalized spacial score (nSPS) is 11.9. The topological polar surface area (TPSA) is 71.8 Å². The first-order valence-electron chi connectivity index (χ1n) is 7.74. The van der Waals surface area contributed by atoms with E-state index in [1.165, 1.54) is 5.56 Å². The molecule has 0 saturated carbocycles. The van der Waals surface area contributed by atoms with Gasteiger partial charge < -0.3 is 10.6 Å². The number of benzene rings is 1. The van der Waals surface area contributed by atoms with Crippen LogP contribution in [0.3, 0.4) is 0 Å². The third-order valence-corrected chi connectivity index (χ3v) is 4.44. The first-order valence-corrected chi connectivity index (χ1v) is 8.69. The summed E-state index contributed by atoms with van der Waals surface area (Å²) in [6.07, 6.45) is 4.27. The van der Waals surface area contributed by atoms with Crippen molar-refractivity contribution >= 4 is 17.4 Å². The maximum atomic E-state index is 12.0. The number of nitrogens with zero attached hydrogens (tertiary/aromatic N) is 3. The van der Waals surface area contributed by atoms with Gasteiger partial charge in [-0.1, -0.05) is 17.3 Å². The van der Waals surface area contributed by atoms with Crippen LogP contribution in [0.15, 0.2) is 53.5 Å². The number of carbonyl (C=O) groups is 1. The van der Waals surface area contributed by atoms with Gasteiger partial charge in [-0.15, -0.1) is 5.10 Å². The average molecular weight is 341 g/mol. The second-order valence-corrected chi connectivity index (χ2v) is 6.22. The smallest absolute Gasteiger partial charge is 0.315 e. The predicted octanol–water partition coefficient (Wildman–Crippen LogP) is 2.93. The van der Waals surface area contributed by atoms with Gasteiger partial charge in [0.25, 0.3) is 0 Å². The molecule has 0 bridgehead atoms. The lowest BCUT2D eigenvalue weighted by Gasteiger charge is -2.15. The highest BCUT2D eigenvalue weighted by atomic mass is 32.1. The summed E-state index contributed by atoms with van der Waals surface area (Å²) in [5.41, 5.74) is 3.22. The summed E-state index contributed by atoms with van der Waals surface area (Å²) in [5.74, 6) is 0. The Morgan fingerprint density at radius 3 is 2.79 bits per heavy atom. The molecular weight excluding hydrogens is 322 g/mol. The predicted molar refractivity (Wildman–Crippen MR) is 94.3 cm³/mol. The number of aromatic nitrogens is 3. The Morgan fingerprint density at radius 2 is 2.12 bits per heavy atom. The lowest BCUT2D eigenvalue weighted by Crippen LogP contribution is -2.38. The van der Waals surface area contributed by atoms with E-state index in [-0.39, 0.29) is 12.1 Å². The van der Waals surface area contributed by atoms with Gasteiger partial charge in [0, 0.05) is 6.54 Å². The number of rotatable bonds is 6. The molecule has 2 amide bonds. The molecule has 24 heavy (non-hydrogen) atoms. The SMILES string of the molecule is CC(NC(=O)NCCc1ccsc1)c1ccc(-n2ccnn2)cc1. The lowest BCUT2D eigenvalue weighted by atomic mass is 10.1. The molecule has 2 heterocycles. The number of amides is 2. The Labute approximate surface area is 144 Å². The van der Waals surface area contributed by atoms with Crippen molar-refractivity contribution in [3.63, 3.8) is 0 Å². The van der Waals surface area contributed by atoms with Crippen molar-refractivity contribution in [2.24, 2.45) is 0 Å². The van der Waals surface area contributed by atoms with E-state index >= 15 is 0 Å². The zero-order chi connectivity index (χ0) is 16.8. The Morgan fingerprint density at radius 1 is 1.29 bits per heavy atom. The van der Waals surface area contributed by atoms with Gasteiger partial charge in [0.15, 0.2) is 0 Å². The van der Waals surface area contributed by atoms with Crippen LogP contribution in [-0.4, -0.2) is 27.6 Å². The number of hydrogen-bond donors (Lipinski definition) is 2. The van der Waals surface area contributed by atoms with E-state index in [1.54, 1.807) is 28.4 Å². The molecule has 7 heteroatoms. The molecule has 0 aliphatic heterocycles. The maximum Gasteiger partial charge on any atom is 0.315 e. The van der Waals surface area contributed by atoms with E-state index in [0.717, 1.165) is 17.7 Å². The number of thiophene rings is 1. The second kappa shape index (κ2) is 7.74. The van der Waals surface area contributed by atoms with Crippen LogP contribution in [0.1, 0.15) is 24.1 Å². The van der Waals surface area contributed by atoms with Crippen LogP contribution in [0.25, 0.3) is 5.69 Å². The Hall–Kier alpha value is -2.67. The number of urea groups is 1. The molecule has 0 fully saturated rings. The van der Waals surface area contributed by atoms with E-state index in [2.05, 4.69) is 32.4 Å². The minimum Gasteiger partial charge on any atom is -0.338 e. The quantitative estimate of drug-likeness (QED) is 0.724. The van der Waals surface area contributed by atoms with Crippen LogP contribution in [0.4, 0.5) is 4.79 Å². The molecule has 1 atom stereocenters. The van der Waals surface area contributed by atoms with Crippen LogP contribution in [0, 0.1) is 0 Å². The molecule has 2 N–H and O–H groups in total. The highest BCUT2D eigenvalue weighted by Crippen LogP contribution is 2.15. The number of nitrogens with one attached hydrogen (secondary N) is 2. The standard InChI is InChI=1S/C17H19N5OS/c1-13(20-17(23)18-8-6-14-7-11-24-12-14)15-2-4-16(5-3-15)22-10-9-19-21-22/h2-5,7,9-13H,6,8H2,1H3,(H2,18,20,23). The molecule has 0 aliphatic carbocycles. The van der Waals surface area contributed by atoms with Crippen molar-refractivity contribution in [1.82, 2.24) is 25.6 Å². The number of hydrogen-bond acceptors (Lipinski definition) is 4. The molecule has 0 radical (unpaired) electrons. The second-order valence-electron chi connectivity index (χ2n) is 5.44. The molecular formula is C17H19N5OS. The van der Waals surface area contributed by atoms with Crippen LogP contribution in [0.5, 0.6) is 0 Å². The summed E-state index contributed by atoms with van der Waals surface area (Å²) in [6, 6.07) is 9.71. The third-order valence-electron chi connectivity index (χ3n) is 3.71. The fourth-order valence-corrected chi connectivity index (χ4v) is 3.05. The molecule has 2 aromatic heterocycles. The van der Waals surface area contributed by atoms with Gasteiger partial charge in [0.05, 0.1) is 24.1 Å². The molecule has 3 aromatic rings. The van der Waals surface area contributed by atoms with E-state index in [1.807, 2.05) is 36.6 Å². The minimum atomic E-state index is -0.155. The zero-order valence-electron chi connectivity index (χ0n) is 13.3. The van der Waals surface area contributed by atoms with Crippen LogP contribution in [-0.2, 0) is 6.42 Å². The van der Waals surface area contributed by atoms with Gasteiger partial charge in [0.2, 0.25) is 0 Å². The Bertz CT molecular complexity index is 753. The monoisotopic (exact) mass is 341 g/mol. The molecule has 0 spiro atoms. The van der Waals surface area contributed by atoms with Gasteiger partial charge in [-0.3, -0.25) is 0 Å². The van der Waals surface area contributed by atoms with Crippen molar-refractivity contribution < 1.29 is 4.79 Å². The Balaban J connectivity index is 1.48. The molecule has 1 aromatic carbocycles. The van der Waals surface area contributed by atoms with E-state index in [9.17, 15) is 4.79 Å². The zero-order valence-corrected chi connectivity index (χ0v) is 14.2. The summed E-state index contributed by atoms with van der Waals surface area (Å²) in [6.45, 7) is 2.59. The molecule has 1 unspecified atom stereocenters. The molecule has 124 valence electrons. The Kier molecular flexibility index (Phi) is 5.22. The average Bonchev–Trinajstić information content (AvgIpc) is 3.29. The third kappa shape index (κ3) is 4.20. The van der Waals surface area contributed by atoms with Gasteiger partial charge in [-0.25, -0.2) is 9.48 Å². The van der Waals surface area contributed by atoms with E-state index in [0.29, 0.717) is 6.54 Å². The first kappa shape index (κ1) is 16.2. The van der Waals surface area contributed by atoms with E-state index in [4.69, 9.17) is 0 Å². The van der Waals surface area contributed by atoms with Gasteiger partial charge >= 0.3 is 6.03 Å². The van der Waals surface area contributed by atoms with Crippen molar-refractivity contribution in [3.8, 4) is 5.69 Å². The van der Waals surface area contributed by atoms with Crippen LogP contribution < -0.4 is 10.6 Å². The van der Waals surface area contributed by atoms with Crippen molar-refractivity contribution in [2.45, 2.75) is 19.4 Å². The summed E-state index contributed by atoms with van der Waals surface area (Å²) in [4.78, 5) is 12.0. The summed E-state index contributed by atoms with van der Waals surface area (Å²) >= 11 is 1.67. The van der Waals surface area contributed by atoms with Crippen molar-refractivity contribution in [2.75, 3.05) is 6.54 Å². The van der Waals surface area contributed by atoms with Gasteiger partial charge in [-0.2, -0.15) is 11.3 Å². The lowest BCUT2D eigenvalue weighted by molar-refractivity contribution is 0.238. The summed E-state index contributed by atoms with van der Waals surface area (Å²) in [5, 5.41) is 17.7. The molecule has 3 rings (SSSR count). The van der Waals surface area contributed by atoms with Gasteiger partial charge in [-0.05, 0) is 53.4 Å². The van der Waals surface area contributed by atoms with Crippen LogP contribution in [0.2, 0.25) is 0 Å². The van der Waals surface area contributed by atoms with Gasteiger partial charge in [0.1, 0.15) is 0 Å². The fourth-order valence-electron chi connectivity index (χ4n) is 2.35. The highest BCUT2D eigenvalue weighted by molar-refractivity contribution is 7.07. The van der Waals surface area contributed by atoms with Crippen molar-refractivity contribution in [1.29, 1.82) is 0 Å². The van der Waals surface area contributed by atoms with E-state index < -0.39 is 0 Å². The summed E-state index contributed by atoms with van der Waals surface area (Å²) in [7, 11) is 0. The fraction of sp³-hybridized carbons (Fsp3) is 0.235. The minimum absolute atomic E-state index is 0.0732. The summed E-state index contributed by atoms with van der Waals surface area (Å²) < 4.78 is 1.69. The first-order chi connectivity index (χ1) is 11.7. The largest absolute Gasteiger partial charge is 0.338 e. The molecule has 6 nitrogen and oxygen atoms in total. The number of carbonyl (C=O) groups excluding carboxylic acids is 1. The highest BCUT2D eigenvalue weighted by Gasteiger charge is 2.09. The maximum absolute atomic E-state index is 12.0. The van der Waals surface area contributed by atoms with Crippen molar-refractivity contribution in [3.05, 3.63) is 64.6 Å². The molecule has 0 aliphatic rings.